The van der Waals surface area contributed by atoms with Crippen molar-refractivity contribution in [3.8, 4) is 0 Å². The van der Waals surface area contributed by atoms with Crippen LogP contribution in [-0.2, 0) is 26.1 Å². The first-order chi connectivity index (χ1) is 10.3. The van der Waals surface area contributed by atoms with Crippen molar-refractivity contribution in [3.05, 3.63) is 53.8 Å². The van der Waals surface area contributed by atoms with Gasteiger partial charge in [-0.1, -0.05) is 18.2 Å². The van der Waals surface area contributed by atoms with Gasteiger partial charge in [0.2, 0.25) is 0 Å². The third-order valence-corrected chi connectivity index (χ3v) is 4.49. The van der Waals surface area contributed by atoms with Gasteiger partial charge in [0.05, 0.1) is 27.6 Å². The lowest BCUT2D eigenvalue weighted by Gasteiger charge is -2.16. The van der Waals surface area contributed by atoms with Crippen molar-refractivity contribution in [1.29, 1.82) is 0 Å². The van der Waals surface area contributed by atoms with Crippen molar-refractivity contribution in [2.45, 2.75) is 11.8 Å². The minimum absolute atomic E-state index is 0.0165. The summed E-state index contributed by atoms with van der Waals surface area (Å²) in [4.78, 5) is 11.7. The molecular weight excluding hydrogens is 328 g/mol. The molecule has 0 aromatic heterocycles. The van der Waals surface area contributed by atoms with Crippen LogP contribution in [0.15, 0.2) is 63.0 Å². The summed E-state index contributed by atoms with van der Waals surface area (Å²) < 4.78 is 51.4. The molecule has 0 radical (unpaired) electrons. The third kappa shape index (κ3) is 3.75. The van der Waals surface area contributed by atoms with Crippen LogP contribution < -0.4 is 4.72 Å². The number of nitrogens with zero attached hydrogens (tertiary/aromatic N) is 1. The standard InChI is InChI=1S/C13H12N2O5S2/c1-9-7-11(14-21(17)18)12(8-13(9)16)15-22(19,20)10-5-3-2-4-6-10/h2-8,15H,1H3,(H,17,18)/p-1/b14-11-. The van der Waals surface area contributed by atoms with E-state index in [0.29, 0.717) is 0 Å². The molecular formula is C13H11N2O5S2-. The fraction of sp³-hybridized carbons (Fsp3) is 0.0769. The van der Waals surface area contributed by atoms with E-state index in [9.17, 15) is 22.0 Å². The lowest BCUT2D eigenvalue weighted by atomic mass is 10.0. The quantitative estimate of drug-likeness (QED) is 0.637. The molecule has 1 aromatic rings. The number of ketones is 1. The molecule has 0 aliphatic heterocycles. The minimum atomic E-state index is -3.95. The zero-order valence-electron chi connectivity index (χ0n) is 11.3. The van der Waals surface area contributed by atoms with Crippen LogP contribution in [0.3, 0.4) is 0 Å². The minimum Gasteiger partial charge on any atom is -0.754 e. The van der Waals surface area contributed by atoms with Crippen LogP contribution >= 0.6 is 0 Å². The highest BCUT2D eigenvalue weighted by molar-refractivity contribution is 7.89. The lowest BCUT2D eigenvalue weighted by molar-refractivity contribution is -0.111. The highest BCUT2D eigenvalue weighted by atomic mass is 32.2. The molecule has 1 atom stereocenters. The molecule has 0 bridgehead atoms. The van der Waals surface area contributed by atoms with Gasteiger partial charge < -0.3 is 4.55 Å². The zero-order valence-corrected chi connectivity index (χ0v) is 13.0. The molecule has 1 aliphatic rings. The molecule has 0 fully saturated rings. The van der Waals surface area contributed by atoms with E-state index in [1.165, 1.54) is 25.1 Å². The molecule has 22 heavy (non-hydrogen) atoms. The predicted molar refractivity (Wildman–Crippen MR) is 80.0 cm³/mol. The fourth-order valence-electron chi connectivity index (χ4n) is 1.71. The first-order valence-electron chi connectivity index (χ1n) is 6.00. The van der Waals surface area contributed by atoms with Gasteiger partial charge in [0.1, 0.15) is 0 Å². The van der Waals surface area contributed by atoms with Crippen LogP contribution in [-0.4, -0.2) is 28.7 Å². The van der Waals surface area contributed by atoms with Gasteiger partial charge in [-0.3, -0.25) is 13.7 Å². The van der Waals surface area contributed by atoms with Crippen LogP contribution in [0.5, 0.6) is 0 Å². The number of allylic oxidation sites excluding steroid dienone is 3. The van der Waals surface area contributed by atoms with Crippen molar-refractivity contribution in [1.82, 2.24) is 4.72 Å². The molecule has 1 aromatic carbocycles. The molecule has 116 valence electrons. The zero-order chi connectivity index (χ0) is 16.3. The summed E-state index contributed by atoms with van der Waals surface area (Å²) in [6.07, 6.45) is 2.21. The average molecular weight is 339 g/mol. The van der Waals surface area contributed by atoms with E-state index in [1.807, 2.05) is 0 Å². The van der Waals surface area contributed by atoms with Crippen LogP contribution in [0.1, 0.15) is 6.92 Å². The summed E-state index contributed by atoms with van der Waals surface area (Å²) >= 11 is -2.78. The van der Waals surface area contributed by atoms with Gasteiger partial charge >= 0.3 is 0 Å². The van der Waals surface area contributed by atoms with Crippen molar-refractivity contribution >= 4 is 32.8 Å². The fourth-order valence-corrected chi connectivity index (χ4v) is 3.11. The molecule has 0 spiro atoms. The molecule has 9 heteroatoms. The Labute approximate surface area is 129 Å². The number of carbonyl (C=O) groups is 1. The summed E-state index contributed by atoms with van der Waals surface area (Å²) in [5, 5.41) is 0. The molecule has 1 N–H and O–H groups in total. The molecule has 7 nitrogen and oxygen atoms in total. The maximum absolute atomic E-state index is 12.2. The van der Waals surface area contributed by atoms with Crippen LogP contribution in [0.4, 0.5) is 0 Å². The molecule has 2 rings (SSSR count). The van der Waals surface area contributed by atoms with E-state index in [0.717, 1.165) is 6.08 Å². The summed E-state index contributed by atoms with van der Waals surface area (Å²) in [5.74, 6) is -0.429. The molecule has 0 saturated carbocycles. The Morgan fingerprint density at radius 3 is 2.41 bits per heavy atom. The van der Waals surface area contributed by atoms with Crippen molar-refractivity contribution < 1.29 is 22.0 Å². The largest absolute Gasteiger partial charge is 0.754 e. The topological polar surface area (TPSA) is 116 Å². The molecule has 1 unspecified atom stereocenters. The van der Waals surface area contributed by atoms with Crippen molar-refractivity contribution in [2.24, 2.45) is 4.40 Å². The number of hydrogen-bond acceptors (Lipinski definition) is 5. The monoisotopic (exact) mass is 339 g/mol. The number of carbonyl (C=O) groups excluding carboxylic acids is 1. The average Bonchev–Trinajstić information content (AvgIpc) is 2.44. The Morgan fingerprint density at radius 1 is 1.18 bits per heavy atom. The van der Waals surface area contributed by atoms with Crippen molar-refractivity contribution in [2.75, 3.05) is 0 Å². The summed E-state index contributed by atoms with van der Waals surface area (Å²) in [5.41, 5.74) is -0.0829. The molecule has 0 saturated heterocycles. The Bertz CT molecular complexity index is 823. The Hall–Kier alpha value is -2.10. The number of sulfonamides is 1. The first kappa shape index (κ1) is 16.3. The lowest BCUT2D eigenvalue weighted by Crippen LogP contribution is -2.30. The molecule has 0 amide bonds. The number of benzene rings is 1. The Morgan fingerprint density at radius 2 is 1.82 bits per heavy atom. The number of rotatable bonds is 4. The van der Waals surface area contributed by atoms with E-state index in [1.54, 1.807) is 18.2 Å². The van der Waals surface area contributed by atoms with E-state index in [4.69, 9.17) is 0 Å². The van der Waals surface area contributed by atoms with E-state index < -0.39 is 27.1 Å². The van der Waals surface area contributed by atoms with Gasteiger partial charge in [-0.2, -0.15) is 4.40 Å². The summed E-state index contributed by atoms with van der Waals surface area (Å²) in [6, 6.07) is 7.48. The van der Waals surface area contributed by atoms with E-state index >= 15 is 0 Å². The normalized spacial score (nSPS) is 18.6. The van der Waals surface area contributed by atoms with Crippen LogP contribution in [0.25, 0.3) is 0 Å². The van der Waals surface area contributed by atoms with Gasteiger partial charge in [-0.15, -0.1) is 0 Å². The van der Waals surface area contributed by atoms with E-state index in [2.05, 4.69) is 9.12 Å². The molecule has 0 heterocycles. The highest BCUT2D eigenvalue weighted by Crippen LogP contribution is 2.15. The maximum atomic E-state index is 12.2. The second kappa shape index (κ2) is 6.34. The maximum Gasteiger partial charge on any atom is 0.261 e. The van der Waals surface area contributed by atoms with Crippen LogP contribution in [0, 0.1) is 0 Å². The molecule has 1 aliphatic carbocycles. The van der Waals surface area contributed by atoms with Crippen LogP contribution in [0.2, 0.25) is 0 Å². The smallest absolute Gasteiger partial charge is 0.261 e. The Kier molecular flexibility index (Phi) is 4.69. The van der Waals surface area contributed by atoms with E-state index in [-0.39, 0.29) is 21.9 Å². The van der Waals surface area contributed by atoms with Gasteiger partial charge in [-0.05, 0) is 30.7 Å². The van der Waals surface area contributed by atoms with Gasteiger partial charge in [-0.25, -0.2) is 8.42 Å². The Balaban J connectivity index is 2.40. The van der Waals surface area contributed by atoms with Gasteiger partial charge in [0.15, 0.2) is 5.78 Å². The second-order valence-corrected chi connectivity index (χ2v) is 6.66. The van der Waals surface area contributed by atoms with Crippen molar-refractivity contribution in [3.63, 3.8) is 0 Å². The highest BCUT2D eigenvalue weighted by Gasteiger charge is 2.22. The number of hydrogen-bond donors (Lipinski definition) is 1. The SMILES string of the molecule is CC1=C/C(=N/S(=O)[O-])C(NS(=O)(=O)c2ccccc2)=CC1=O. The number of nitrogens with one attached hydrogen (secondary N) is 1. The predicted octanol–water partition coefficient (Wildman–Crippen LogP) is 0.613. The second-order valence-electron chi connectivity index (χ2n) is 4.36. The summed E-state index contributed by atoms with van der Waals surface area (Å²) in [6.45, 7) is 1.48. The van der Waals surface area contributed by atoms with Gasteiger partial charge in [0, 0.05) is 6.08 Å². The first-order valence-corrected chi connectivity index (χ1v) is 8.52. The third-order valence-electron chi connectivity index (χ3n) is 2.76. The summed E-state index contributed by atoms with van der Waals surface area (Å²) in [7, 11) is -3.95. The van der Waals surface area contributed by atoms with Gasteiger partial charge in [0.25, 0.3) is 10.0 Å².